The number of H-pyrrole nitrogens is 1. The van der Waals surface area contributed by atoms with Crippen LogP contribution in [-0.4, -0.2) is 98.6 Å². The van der Waals surface area contributed by atoms with Crippen LogP contribution in [0.25, 0.3) is 10.9 Å². The van der Waals surface area contributed by atoms with Gasteiger partial charge in [-0.2, -0.15) is 0 Å². The third-order valence-electron chi connectivity index (χ3n) is 7.72. The van der Waals surface area contributed by atoms with Crippen molar-refractivity contribution in [2.45, 2.75) is 89.0 Å². The smallest absolute Gasteiger partial charge is 0.326 e. The number of hydrogen-bond acceptors (Lipinski definition) is 8. The number of carboxylic acid groups (broad SMARTS) is 3. The molecule has 0 bridgehead atoms. The van der Waals surface area contributed by atoms with Gasteiger partial charge in [-0.15, -0.1) is 0 Å². The topological polar surface area (TPSA) is 256 Å². The summed E-state index contributed by atoms with van der Waals surface area (Å²) in [6, 6.07) is 0.840. The summed E-state index contributed by atoms with van der Waals surface area (Å²) in [5.41, 5.74) is 1.35. The molecule has 3 rings (SSSR count). The van der Waals surface area contributed by atoms with Gasteiger partial charge in [0, 0.05) is 29.9 Å². The van der Waals surface area contributed by atoms with Crippen LogP contribution in [0.15, 0.2) is 30.5 Å². The highest BCUT2D eigenvalue weighted by Gasteiger charge is 2.34. The predicted octanol–water partition coefficient (Wildman–Crippen LogP) is -0.128. The Kier molecular flexibility index (Phi) is 13.3. The zero-order chi connectivity index (χ0) is 34.7. The average Bonchev–Trinajstić information content (AvgIpc) is 3.68. The minimum absolute atomic E-state index is 0.0427. The van der Waals surface area contributed by atoms with Crippen molar-refractivity contribution in [1.82, 2.24) is 31.6 Å². The summed E-state index contributed by atoms with van der Waals surface area (Å²) in [6.07, 6.45) is 1.22. The van der Waals surface area contributed by atoms with Crippen LogP contribution in [0.1, 0.15) is 57.9 Å². The van der Waals surface area contributed by atoms with Crippen LogP contribution < -0.4 is 26.6 Å². The molecular formula is C31H42N6O10. The second-order valence-electron chi connectivity index (χ2n) is 12.0. The zero-order valence-electron chi connectivity index (χ0n) is 26.2. The monoisotopic (exact) mass is 658 g/mol. The van der Waals surface area contributed by atoms with Gasteiger partial charge in [-0.3, -0.25) is 28.8 Å². The van der Waals surface area contributed by atoms with E-state index in [-0.39, 0.29) is 25.2 Å². The minimum atomic E-state index is -1.70. The summed E-state index contributed by atoms with van der Waals surface area (Å²) in [4.78, 5) is 90.7. The molecule has 4 amide bonds. The van der Waals surface area contributed by atoms with Crippen LogP contribution in [0.4, 0.5) is 0 Å². The van der Waals surface area contributed by atoms with Crippen LogP contribution in [-0.2, 0) is 40.0 Å². The Morgan fingerprint density at radius 3 is 2.09 bits per heavy atom. The van der Waals surface area contributed by atoms with E-state index in [0.717, 1.165) is 17.3 Å². The highest BCUT2D eigenvalue weighted by molar-refractivity contribution is 5.97. The number of rotatable bonds is 18. The molecule has 47 heavy (non-hydrogen) atoms. The molecule has 1 aromatic heterocycles. The van der Waals surface area contributed by atoms with Crippen LogP contribution in [0.5, 0.6) is 0 Å². The Morgan fingerprint density at radius 2 is 1.47 bits per heavy atom. The lowest BCUT2D eigenvalue weighted by atomic mass is 10.0. The van der Waals surface area contributed by atoms with Gasteiger partial charge in [0.25, 0.3) is 0 Å². The maximum absolute atomic E-state index is 13.4. The molecule has 0 saturated carbocycles. The summed E-state index contributed by atoms with van der Waals surface area (Å²) in [5, 5.41) is 41.9. The van der Waals surface area contributed by atoms with E-state index < -0.39 is 84.6 Å². The molecule has 1 saturated heterocycles. The lowest BCUT2D eigenvalue weighted by Gasteiger charge is -2.26. The Labute approximate surface area is 270 Å². The molecule has 5 atom stereocenters. The zero-order valence-corrected chi connectivity index (χ0v) is 26.2. The van der Waals surface area contributed by atoms with Gasteiger partial charge in [0.2, 0.25) is 23.6 Å². The lowest BCUT2D eigenvalue weighted by molar-refractivity contribution is -0.144. The van der Waals surface area contributed by atoms with Crippen LogP contribution >= 0.6 is 0 Å². The second-order valence-corrected chi connectivity index (χ2v) is 12.0. The van der Waals surface area contributed by atoms with Crippen LogP contribution in [0.3, 0.4) is 0 Å². The maximum atomic E-state index is 13.4. The molecule has 1 aliphatic heterocycles. The highest BCUT2D eigenvalue weighted by Crippen LogP contribution is 2.19. The summed E-state index contributed by atoms with van der Waals surface area (Å²) in [7, 11) is 0. The molecule has 1 fully saturated rings. The van der Waals surface area contributed by atoms with Gasteiger partial charge in [-0.05, 0) is 49.8 Å². The molecule has 256 valence electrons. The lowest BCUT2D eigenvalue weighted by Crippen LogP contribution is -2.59. The van der Waals surface area contributed by atoms with E-state index in [1.807, 2.05) is 0 Å². The third kappa shape index (κ3) is 11.1. The molecule has 2 aromatic rings. The molecule has 0 aliphatic carbocycles. The average molecular weight is 659 g/mol. The molecule has 16 heteroatoms. The Bertz CT molecular complexity index is 1470. The van der Waals surface area contributed by atoms with Gasteiger partial charge in [0.1, 0.15) is 24.2 Å². The number of carboxylic acids is 3. The number of benzene rings is 1. The number of fused-ring (bicyclic) bond motifs is 1. The van der Waals surface area contributed by atoms with E-state index in [0.29, 0.717) is 18.5 Å². The maximum Gasteiger partial charge on any atom is 0.326 e. The number of amides is 4. The predicted molar refractivity (Wildman–Crippen MR) is 167 cm³/mol. The van der Waals surface area contributed by atoms with Crippen molar-refractivity contribution >= 4 is 52.4 Å². The van der Waals surface area contributed by atoms with Crippen molar-refractivity contribution in [2.24, 2.45) is 5.92 Å². The molecule has 0 radical (unpaired) electrons. The molecule has 16 nitrogen and oxygen atoms in total. The molecule has 0 unspecified atom stereocenters. The Balaban J connectivity index is 1.75. The van der Waals surface area contributed by atoms with Crippen molar-refractivity contribution in [1.29, 1.82) is 0 Å². The normalized spacial score (nSPS) is 16.9. The molecule has 2 heterocycles. The number of carbonyl (C=O) groups is 7. The van der Waals surface area contributed by atoms with Gasteiger partial charge in [-0.25, -0.2) is 4.79 Å². The SMILES string of the molecule is CC(C)C[C@H](NC(=O)[C@H](CCC(=O)O)NC(=O)[C@@H]1CCCN1)C(=O)N[C@@H](CC(=O)O)C(=O)N[C@@H](Cc1c[nH]c2ccccc12)C(=O)O. The van der Waals surface area contributed by atoms with Gasteiger partial charge >= 0.3 is 17.9 Å². The van der Waals surface area contributed by atoms with E-state index in [1.54, 1.807) is 44.3 Å². The first kappa shape index (κ1) is 36.5. The van der Waals surface area contributed by atoms with Crippen molar-refractivity contribution in [2.75, 3.05) is 6.54 Å². The largest absolute Gasteiger partial charge is 0.481 e. The highest BCUT2D eigenvalue weighted by atomic mass is 16.4. The summed E-state index contributed by atoms with van der Waals surface area (Å²) < 4.78 is 0. The van der Waals surface area contributed by atoms with Crippen LogP contribution in [0.2, 0.25) is 0 Å². The Morgan fingerprint density at radius 1 is 0.830 bits per heavy atom. The number of para-hydroxylation sites is 1. The summed E-state index contributed by atoms with van der Waals surface area (Å²) in [5.74, 6) is -7.50. The Hall–Kier alpha value is -4.99. The second kappa shape index (κ2) is 17.1. The molecule has 1 aliphatic rings. The van der Waals surface area contributed by atoms with E-state index in [9.17, 15) is 48.9 Å². The fourth-order valence-electron chi connectivity index (χ4n) is 5.34. The number of aromatic amines is 1. The molecule has 0 spiro atoms. The van der Waals surface area contributed by atoms with Crippen molar-refractivity contribution in [3.05, 3.63) is 36.0 Å². The fourth-order valence-corrected chi connectivity index (χ4v) is 5.34. The van der Waals surface area contributed by atoms with Crippen molar-refractivity contribution in [3.8, 4) is 0 Å². The van der Waals surface area contributed by atoms with Gasteiger partial charge < -0.3 is 46.9 Å². The summed E-state index contributed by atoms with van der Waals surface area (Å²) in [6.45, 7) is 4.12. The summed E-state index contributed by atoms with van der Waals surface area (Å²) >= 11 is 0. The minimum Gasteiger partial charge on any atom is -0.481 e. The third-order valence-corrected chi connectivity index (χ3v) is 7.72. The first-order valence-corrected chi connectivity index (χ1v) is 15.4. The van der Waals surface area contributed by atoms with Crippen LogP contribution in [0, 0.1) is 5.92 Å². The van der Waals surface area contributed by atoms with Crippen molar-refractivity contribution in [3.63, 3.8) is 0 Å². The van der Waals surface area contributed by atoms with Gasteiger partial charge in [0.15, 0.2) is 0 Å². The first-order valence-electron chi connectivity index (χ1n) is 15.4. The van der Waals surface area contributed by atoms with Crippen molar-refractivity contribution < 1.29 is 48.9 Å². The molecule has 9 N–H and O–H groups in total. The van der Waals surface area contributed by atoms with E-state index in [2.05, 4.69) is 31.6 Å². The standard InChI is InChI=1S/C31H42N6O10/c1-16(2)12-22(35-28(43)21(9-10-25(38)39)34-27(42)20-8-5-11-32-20)29(44)36-23(14-26(40)41)30(45)37-24(31(46)47)13-17-15-33-19-7-4-3-6-18(17)19/h3-4,6-7,15-16,20-24,32-33H,5,8-14H2,1-2H3,(H,34,42)(H,35,43)(H,36,44)(H,37,45)(H,38,39)(H,40,41)(H,46,47)/t20-,21-,22-,23-,24-/m0/s1. The van der Waals surface area contributed by atoms with E-state index in [4.69, 9.17) is 0 Å². The van der Waals surface area contributed by atoms with Gasteiger partial charge in [-0.1, -0.05) is 32.0 Å². The number of aromatic nitrogens is 1. The fraction of sp³-hybridized carbons (Fsp3) is 0.516. The van der Waals surface area contributed by atoms with Gasteiger partial charge in [0.05, 0.1) is 12.5 Å². The molecule has 1 aromatic carbocycles. The van der Waals surface area contributed by atoms with E-state index >= 15 is 0 Å². The number of hydrogen-bond donors (Lipinski definition) is 9. The first-order chi connectivity index (χ1) is 22.2. The number of nitrogens with one attached hydrogen (secondary N) is 6. The van der Waals surface area contributed by atoms with E-state index in [1.165, 1.54) is 0 Å². The number of aliphatic carboxylic acids is 3. The quantitative estimate of drug-likeness (QED) is 0.102. The molecular weight excluding hydrogens is 616 g/mol. The number of carbonyl (C=O) groups excluding carboxylic acids is 4.